The molecule has 0 radical (unpaired) electrons. The molecular formula is C23H20F3N7OS. The van der Waals surface area contributed by atoms with Crippen molar-refractivity contribution in [1.29, 1.82) is 0 Å². The Kier molecular flexibility index (Phi) is 5.67. The van der Waals surface area contributed by atoms with Crippen molar-refractivity contribution in [3.8, 4) is 5.69 Å². The molecule has 5 rings (SSSR count). The maximum Gasteiger partial charge on any atom is 0.435 e. The minimum Gasteiger partial charge on any atom is -0.319 e. The molecule has 0 spiro atoms. The molecule has 8 nitrogen and oxygen atoms in total. The Labute approximate surface area is 201 Å². The van der Waals surface area contributed by atoms with Crippen LogP contribution in [0.1, 0.15) is 33.5 Å². The summed E-state index contributed by atoms with van der Waals surface area (Å²) in [6, 6.07) is 9.74. The van der Waals surface area contributed by atoms with Crippen LogP contribution >= 0.6 is 11.3 Å². The molecule has 35 heavy (non-hydrogen) atoms. The molecule has 5 aromatic rings. The summed E-state index contributed by atoms with van der Waals surface area (Å²) in [6.45, 7) is 5.23. The standard InChI is InChI=1S/C23H20F3N7OS/c1-3-32-14(2)15(10-28-32)12-31-13-16(11-27-31)29-21(34)19-9-18-20(23(24,25)26)30-33(22(18)35-19)17-7-5-4-6-8-17/h4-11,13H,3,12H2,1-2H3,(H,29,34). The number of hydrogen-bond acceptors (Lipinski definition) is 5. The number of fused-ring (bicyclic) bond motifs is 1. The van der Waals surface area contributed by atoms with E-state index in [0.29, 0.717) is 17.9 Å². The second-order valence-electron chi connectivity index (χ2n) is 7.87. The van der Waals surface area contributed by atoms with Gasteiger partial charge in [-0.05, 0) is 32.0 Å². The van der Waals surface area contributed by atoms with Crippen molar-refractivity contribution in [2.45, 2.75) is 33.1 Å². The van der Waals surface area contributed by atoms with Gasteiger partial charge in [0.2, 0.25) is 0 Å². The molecule has 1 N–H and O–H groups in total. The summed E-state index contributed by atoms with van der Waals surface area (Å²) in [7, 11) is 0. The summed E-state index contributed by atoms with van der Waals surface area (Å²) < 4.78 is 45.7. The SMILES string of the molecule is CCn1ncc(Cn2cc(NC(=O)c3cc4c(C(F)(F)F)nn(-c5ccccc5)c4s3)cn2)c1C. The van der Waals surface area contributed by atoms with Crippen molar-refractivity contribution in [3.05, 3.63) is 76.8 Å². The molecule has 0 saturated heterocycles. The van der Waals surface area contributed by atoms with Gasteiger partial charge in [0.15, 0.2) is 5.69 Å². The van der Waals surface area contributed by atoms with E-state index in [1.54, 1.807) is 47.4 Å². The van der Waals surface area contributed by atoms with Gasteiger partial charge in [-0.2, -0.15) is 28.5 Å². The zero-order valence-corrected chi connectivity index (χ0v) is 19.6. The van der Waals surface area contributed by atoms with Crippen molar-refractivity contribution >= 4 is 33.1 Å². The molecule has 4 aromatic heterocycles. The van der Waals surface area contributed by atoms with Gasteiger partial charge in [-0.1, -0.05) is 18.2 Å². The number of rotatable bonds is 6. The first-order valence-electron chi connectivity index (χ1n) is 10.7. The monoisotopic (exact) mass is 499 g/mol. The van der Waals surface area contributed by atoms with Crippen molar-refractivity contribution < 1.29 is 18.0 Å². The largest absolute Gasteiger partial charge is 0.435 e. The fourth-order valence-electron chi connectivity index (χ4n) is 3.81. The molecule has 0 unspecified atom stereocenters. The lowest BCUT2D eigenvalue weighted by atomic mass is 10.2. The molecule has 0 aliphatic heterocycles. The second kappa shape index (κ2) is 8.69. The van der Waals surface area contributed by atoms with Gasteiger partial charge in [-0.3, -0.25) is 14.2 Å². The van der Waals surface area contributed by atoms with Crippen molar-refractivity contribution in [2.24, 2.45) is 0 Å². The van der Waals surface area contributed by atoms with E-state index in [1.165, 1.54) is 16.9 Å². The zero-order valence-electron chi connectivity index (χ0n) is 18.7. The Balaban J connectivity index is 1.41. The summed E-state index contributed by atoms with van der Waals surface area (Å²) in [4.78, 5) is 13.3. The molecule has 1 aromatic carbocycles. The highest BCUT2D eigenvalue weighted by atomic mass is 32.1. The number of nitrogens with one attached hydrogen (secondary N) is 1. The fraction of sp³-hybridized carbons (Fsp3) is 0.217. The number of benzene rings is 1. The lowest BCUT2D eigenvalue weighted by molar-refractivity contribution is -0.140. The topological polar surface area (TPSA) is 82.6 Å². The van der Waals surface area contributed by atoms with Crippen LogP contribution in [-0.4, -0.2) is 35.2 Å². The van der Waals surface area contributed by atoms with Gasteiger partial charge in [0.25, 0.3) is 5.91 Å². The summed E-state index contributed by atoms with van der Waals surface area (Å²) in [5.41, 5.74) is 1.93. The van der Waals surface area contributed by atoms with Crippen LogP contribution in [0.2, 0.25) is 0 Å². The van der Waals surface area contributed by atoms with Crippen molar-refractivity contribution in [1.82, 2.24) is 29.3 Å². The van der Waals surface area contributed by atoms with Gasteiger partial charge in [-0.15, -0.1) is 11.3 Å². The Morgan fingerprint density at radius 3 is 2.60 bits per heavy atom. The van der Waals surface area contributed by atoms with E-state index in [0.717, 1.165) is 29.1 Å². The highest BCUT2D eigenvalue weighted by molar-refractivity contribution is 7.20. The van der Waals surface area contributed by atoms with Gasteiger partial charge in [0.05, 0.1) is 35.2 Å². The van der Waals surface area contributed by atoms with Crippen LogP contribution in [0.15, 0.2) is 55.0 Å². The normalized spacial score (nSPS) is 11.9. The van der Waals surface area contributed by atoms with Gasteiger partial charge < -0.3 is 5.32 Å². The number of hydrogen-bond donors (Lipinski definition) is 1. The first-order valence-corrected chi connectivity index (χ1v) is 11.6. The number of anilines is 1. The van der Waals surface area contributed by atoms with Gasteiger partial charge in [-0.25, -0.2) is 4.68 Å². The number of para-hydroxylation sites is 1. The lowest BCUT2D eigenvalue weighted by Crippen LogP contribution is -2.10. The number of carbonyl (C=O) groups is 1. The number of nitrogens with zero attached hydrogens (tertiary/aromatic N) is 6. The first kappa shape index (κ1) is 22.8. The van der Waals surface area contributed by atoms with E-state index in [-0.39, 0.29) is 15.1 Å². The number of alkyl halides is 3. The molecule has 0 saturated carbocycles. The highest BCUT2D eigenvalue weighted by Gasteiger charge is 2.38. The zero-order chi connectivity index (χ0) is 24.7. The molecule has 0 bridgehead atoms. The van der Waals surface area contributed by atoms with Gasteiger partial charge >= 0.3 is 6.18 Å². The third-order valence-corrected chi connectivity index (χ3v) is 6.69. The van der Waals surface area contributed by atoms with Crippen molar-refractivity contribution in [2.75, 3.05) is 5.32 Å². The average molecular weight is 500 g/mol. The third kappa shape index (κ3) is 4.32. The molecule has 12 heteroatoms. The molecule has 0 aliphatic rings. The van der Waals surface area contributed by atoms with Crippen LogP contribution in [0, 0.1) is 6.92 Å². The maximum atomic E-state index is 13.6. The van der Waals surface area contributed by atoms with Crippen LogP contribution < -0.4 is 5.32 Å². The van der Waals surface area contributed by atoms with Crippen molar-refractivity contribution in [3.63, 3.8) is 0 Å². The number of thiophene rings is 1. The number of amides is 1. The average Bonchev–Trinajstić information content (AvgIpc) is 3.59. The molecule has 0 aliphatic carbocycles. The Bertz CT molecular complexity index is 1510. The Morgan fingerprint density at radius 2 is 1.91 bits per heavy atom. The van der Waals surface area contributed by atoms with Gasteiger partial charge in [0.1, 0.15) is 4.83 Å². The third-order valence-electron chi connectivity index (χ3n) is 5.58. The number of carbonyl (C=O) groups excluding carboxylic acids is 1. The fourth-order valence-corrected chi connectivity index (χ4v) is 4.84. The van der Waals surface area contributed by atoms with Crippen LogP contribution in [0.3, 0.4) is 0 Å². The molecule has 0 atom stereocenters. The quantitative estimate of drug-likeness (QED) is 0.351. The number of halogens is 3. The maximum absolute atomic E-state index is 13.6. The molecule has 0 fully saturated rings. The minimum atomic E-state index is -4.65. The van der Waals surface area contributed by atoms with E-state index >= 15 is 0 Å². The first-order chi connectivity index (χ1) is 16.7. The Hall–Kier alpha value is -3.93. The second-order valence-corrected chi connectivity index (χ2v) is 8.91. The Morgan fingerprint density at radius 1 is 1.14 bits per heavy atom. The van der Waals surface area contributed by atoms with E-state index in [9.17, 15) is 18.0 Å². The van der Waals surface area contributed by atoms with E-state index in [1.807, 2.05) is 18.5 Å². The summed E-state index contributed by atoms with van der Waals surface area (Å²) in [6.07, 6.45) is 0.292. The highest BCUT2D eigenvalue weighted by Crippen LogP contribution is 2.39. The summed E-state index contributed by atoms with van der Waals surface area (Å²) >= 11 is 0.950. The van der Waals surface area contributed by atoms with E-state index in [2.05, 4.69) is 20.6 Å². The smallest absolute Gasteiger partial charge is 0.319 e. The van der Waals surface area contributed by atoms with Crippen LogP contribution in [-0.2, 0) is 19.3 Å². The van der Waals surface area contributed by atoms with Crippen LogP contribution in [0.5, 0.6) is 0 Å². The van der Waals surface area contributed by atoms with Gasteiger partial charge in [0, 0.05) is 29.4 Å². The molecule has 4 heterocycles. The molecule has 1 amide bonds. The lowest BCUT2D eigenvalue weighted by Gasteiger charge is -2.04. The minimum absolute atomic E-state index is 0.115. The molecule has 180 valence electrons. The van der Waals surface area contributed by atoms with E-state index < -0.39 is 17.8 Å². The number of aryl methyl sites for hydroxylation is 1. The predicted molar refractivity (Wildman–Crippen MR) is 126 cm³/mol. The van der Waals surface area contributed by atoms with Crippen LogP contribution in [0.4, 0.5) is 18.9 Å². The number of aromatic nitrogens is 6. The summed E-state index contributed by atoms with van der Waals surface area (Å²) in [5.74, 6) is -0.520. The van der Waals surface area contributed by atoms with E-state index in [4.69, 9.17) is 0 Å². The predicted octanol–water partition coefficient (Wildman–Crippen LogP) is 5.13. The summed E-state index contributed by atoms with van der Waals surface area (Å²) in [5, 5.41) is 15.0. The van der Waals surface area contributed by atoms with Crippen LogP contribution in [0.25, 0.3) is 15.9 Å². The molecular weight excluding hydrogens is 479 g/mol.